The van der Waals surface area contributed by atoms with Crippen LogP contribution in [0.3, 0.4) is 0 Å². The molecule has 0 saturated heterocycles. The third-order valence-electron chi connectivity index (χ3n) is 7.00. The Labute approximate surface area is 188 Å². The van der Waals surface area contributed by atoms with Gasteiger partial charge in [-0.05, 0) is 39.0 Å². The fraction of sp³-hybridized carbons (Fsp3) is 0.889. The molecule has 30 heavy (non-hydrogen) atoms. The molecule has 0 bridgehead atoms. The number of quaternary nitrogens is 1. The van der Waals surface area contributed by atoms with E-state index in [2.05, 4.69) is 32.2 Å². The maximum atomic E-state index is 9.39. The molecule has 0 aromatic rings. The first-order valence-electron chi connectivity index (χ1n) is 13.4. The number of aliphatic hydroxyl groups is 1. The lowest BCUT2D eigenvalue weighted by Gasteiger charge is -2.37. The first-order chi connectivity index (χ1) is 14.8. The highest BCUT2D eigenvalue weighted by atomic mass is 16.3. The summed E-state index contributed by atoms with van der Waals surface area (Å²) in [5.74, 6) is 0. The minimum absolute atomic E-state index is 0.273. The van der Waals surface area contributed by atoms with Crippen molar-refractivity contribution in [2.75, 3.05) is 26.2 Å². The third-order valence-corrected chi connectivity index (χ3v) is 7.00. The number of aliphatic imine (C=N–C) groups is 1. The van der Waals surface area contributed by atoms with Gasteiger partial charge in [0.15, 0.2) is 6.17 Å². The van der Waals surface area contributed by atoms with Crippen molar-refractivity contribution in [1.29, 1.82) is 0 Å². The number of likely N-dealkylation sites (N-methyl/N-ethyl adjacent to an activating group) is 1. The quantitative estimate of drug-likeness (QED) is 0.117. The van der Waals surface area contributed by atoms with E-state index in [0.29, 0.717) is 6.17 Å². The van der Waals surface area contributed by atoms with Gasteiger partial charge in [0, 0.05) is 6.42 Å². The molecule has 0 aromatic carbocycles. The molecule has 1 rings (SSSR count). The summed E-state index contributed by atoms with van der Waals surface area (Å²) in [6.07, 6.45) is 30.6. The second kappa shape index (κ2) is 19.0. The maximum absolute atomic E-state index is 9.39. The summed E-state index contributed by atoms with van der Waals surface area (Å²) < 4.78 is 0.964. The van der Waals surface area contributed by atoms with Gasteiger partial charge in [-0.1, -0.05) is 89.7 Å². The molecule has 2 unspecified atom stereocenters. The average Bonchev–Trinajstić information content (AvgIpc) is 3.16. The normalized spacial score (nSPS) is 21.2. The predicted molar refractivity (Wildman–Crippen MR) is 133 cm³/mol. The zero-order valence-electron chi connectivity index (χ0n) is 20.5. The van der Waals surface area contributed by atoms with Gasteiger partial charge in [0.05, 0.1) is 19.4 Å². The highest BCUT2D eigenvalue weighted by Gasteiger charge is 2.36. The summed E-state index contributed by atoms with van der Waals surface area (Å²) >= 11 is 0. The first-order valence-corrected chi connectivity index (χ1v) is 13.4. The number of hydrogen-bond acceptors (Lipinski definition) is 2. The minimum Gasteiger partial charge on any atom is -0.391 e. The van der Waals surface area contributed by atoms with Crippen molar-refractivity contribution < 1.29 is 9.59 Å². The first kappa shape index (κ1) is 27.4. The Morgan fingerprint density at radius 1 is 0.800 bits per heavy atom. The monoisotopic (exact) mass is 421 g/mol. The zero-order valence-corrected chi connectivity index (χ0v) is 20.5. The molecule has 1 aliphatic heterocycles. The van der Waals surface area contributed by atoms with Crippen molar-refractivity contribution in [2.45, 2.75) is 129 Å². The molecule has 1 aliphatic rings. The van der Waals surface area contributed by atoms with Crippen molar-refractivity contribution in [3.63, 3.8) is 0 Å². The van der Waals surface area contributed by atoms with E-state index < -0.39 is 0 Å². The van der Waals surface area contributed by atoms with Crippen LogP contribution in [0.15, 0.2) is 17.1 Å². The maximum Gasteiger partial charge on any atom is 0.182 e. The van der Waals surface area contributed by atoms with Crippen molar-refractivity contribution in [1.82, 2.24) is 0 Å². The number of rotatable bonds is 21. The molecule has 0 radical (unpaired) electrons. The Morgan fingerprint density at radius 3 is 1.87 bits per heavy atom. The van der Waals surface area contributed by atoms with E-state index in [1.54, 1.807) is 0 Å². The van der Waals surface area contributed by atoms with E-state index in [1.165, 1.54) is 103 Å². The van der Waals surface area contributed by atoms with Gasteiger partial charge < -0.3 is 5.11 Å². The summed E-state index contributed by atoms with van der Waals surface area (Å²) in [4.78, 5) is 4.71. The van der Waals surface area contributed by atoms with Gasteiger partial charge in [0.1, 0.15) is 13.1 Å². The van der Waals surface area contributed by atoms with Crippen LogP contribution in [-0.4, -0.2) is 48.2 Å². The molecule has 3 nitrogen and oxygen atoms in total. The lowest BCUT2D eigenvalue weighted by molar-refractivity contribution is -0.936. The molecular formula is C27H53N2O+. The smallest absolute Gasteiger partial charge is 0.182 e. The molecule has 3 heteroatoms. The summed E-state index contributed by atoms with van der Waals surface area (Å²) in [6, 6.07) is 0. The summed E-state index contributed by atoms with van der Waals surface area (Å²) in [5, 5.41) is 9.39. The molecule has 2 atom stereocenters. The summed E-state index contributed by atoms with van der Waals surface area (Å²) in [6.45, 7) is 7.72. The molecule has 176 valence electrons. The van der Waals surface area contributed by atoms with Crippen LogP contribution in [-0.2, 0) is 0 Å². The number of unbranched alkanes of at least 4 members (excludes halogenated alkanes) is 14. The van der Waals surface area contributed by atoms with E-state index in [1.807, 2.05) is 0 Å². The molecular weight excluding hydrogens is 368 g/mol. The van der Waals surface area contributed by atoms with Crippen molar-refractivity contribution in [2.24, 2.45) is 4.99 Å². The van der Waals surface area contributed by atoms with Crippen LogP contribution >= 0.6 is 0 Å². The number of aliphatic hydroxyl groups excluding tert-OH is 1. The third kappa shape index (κ3) is 12.2. The van der Waals surface area contributed by atoms with Gasteiger partial charge >= 0.3 is 0 Å². The van der Waals surface area contributed by atoms with Crippen molar-refractivity contribution >= 4 is 6.21 Å². The molecule has 0 fully saturated rings. The molecule has 0 aliphatic carbocycles. The molecule has 0 aromatic heterocycles. The SMILES string of the molecule is CCCCCCCCCCCCCC/C=C/CCCCC1N=CC[N+]1(CC)CCO. The Kier molecular flexibility index (Phi) is 17.4. The molecule has 0 saturated carbocycles. The number of nitrogens with zero attached hydrogens (tertiary/aromatic N) is 2. The van der Waals surface area contributed by atoms with Gasteiger partial charge in [-0.2, -0.15) is 0 Å². The van der Waals surface area contributed by atoms with E-state index in [-0.39, 0.29) is 6.61 Å². The Hall–Kier alpha value is -0.670. The van der Waals surface area contributed by atoms with Crippen molar-refractivity contribution in [3.05, 3.63) is 12.2 Å². The van der Waals surface area contributed by atoms with Crippen LogP contribution in [0.1, 0.15) is 123 Å². The Bertz CT molecular complexity index is 435. The fourth-order valence-corrected chi connectivity index (χ4v) is 4.81. The number of allylic oxidation sites excluding steroid dienone is 2. The standard InChI is InChI=1S/C27H53N2O/c1-3-5-6-7-8-9-10-11-12-13-14-15-16-17-18-19-20-21-22-27-28-23-24-29(27,4-2)25-26-30/h17-18,23,27,30H,3-16,19-22,24-26H2,1-2H3/q+1/b18-17+. The van der Waals surface area contributed by atoms with Crippen molar-refractivity contribution in [3.8, 4) is 0 Å². The van der Waals surface area contributed by atoms with E-state index >= 15 is 0 Å². The fourth-order valence-electron chi connectivity index (χ4n) is 4.81. The molecule has 0 spiro atoms. The molecule has 1 heterocycles. The highest BCUT2D eigenvalue weighted by Crippen LogP contribution is 2.23. The predicted octanol–water partition coefficient (Wildman–Crippen LogP) is 7.43. The largest absolute Gasteiger partial charge is 0.391 e. The van der Waals surface area contributed by atoms with Crippen LogP contribution < -0.4 is 0 Å². The second-order valence-corrected chi connectivity index (χ2v) is 9.41. The van der Waals surface area contributed by atoms with Gasteiger partial charge in [0.2, 0.25) is 0 Å². The molecule has 1 N–H and O–H groups in total. The van der Waals surface area contributed by atoms with Gasteiger partial charge in [-0.3, -0.25) is 4.48 Å². The minimum atomic E-state index is 0.273. The average molecular weight is 422 g/mol. The van der Waals surface area contributed by atoms with Crippen LogP contribution in [0, 0.1) is 0 Å². The topological polar surface area (TPSA) is 32.6 Å². The Balaban J connectivity index is 1.87. The lowest BCUT2D eigenvalue weighted by atomic mass is 10.0. The van der Waals surface area contributed by atoms with E-state index in [0.717, 1.165) is 30.5 Å². The van der Waals surface area contributed by atoms with Gasteiger partial charge in [0.25, 0.3) is 0 Å². The van der Waals surface area contributed by atoms with Gasteiger partial charge in [-0.25, -0.2) is 4.99 Å². The van der Waals surface area contributed by atoms with Crippen LogP contribution in [0.5, 0.6) is 0 Å². The summed E-state index contributed by atoms with van der Waals surface area (Å²) in [7, 11) is 0. The van der Waals surface area contributed by atoms with Crippen LogP contribution in [0.2, 0.25) is 0 Å². The molecule has 0 amide bonds. The van der Waals surface area contributed by atoms with E-state index in [4.69, 9.17) is 4.99 Å². The lowest BCUT2D eigenvalue weighted by Crippen LogP contribution is -2.53. The second-order valence-electron chi connectivity index (χ2n) is 9.41. The summed E-state index contributed by atoms with van der Waals surface area (Å²) in [5.41, 5.74) is 0. The number of hydrogen-bond donors (Lipinski definition) is 1. The zero-order chi connectivity index (χ0) is 21.8. The Morgan fingerprint density at radius 2 is 1.33 bits per heavy atom. The van der Waals surface area contributed by atoms with E-state index in [9.17, 15) is 5.11 Å². The van der Waals surface area contributed by atoms with Crippen LogP contribution in [0.25, 0.3) is 0 Å². The highest BCUT2D eigenvalue weighted by molar-refractivity contribution is 5.60. The van der Waals surface area contributed by atoms with Gasteiger partial charge in [-0.15, -0.1) is 0 Å². The van der Waals surface area contributed by atoms with Crippen LogP contribution in [0.4, 0.5) is 0 Å².